The van der Waals surface area contributed by atoms with E-state index in [1.807, 2.05) is 13.8 Å². The fraction of sp³-hybridized carbons (Fsp3) is 0.833. The molecule has 0 saturated carbocycles. The van der Waals surface area contributed by atoms with Crippen molar-refractivity contribution < 1.29 is 19.8 Å². The van der Waals surface area contributed by atoms with Crippen molar-refractivity contribution in [2.24, 2.45) is 11.8 Å². The molecule has 2 unspecified atom stereocenters. The standard InChI is InChI=1S/C12H22O4.Na/c1-3-5-7-9(11(13)14)10(12(15)16)8-6-4-2;/h9-10H,3-8H2,1-2H3,(H,13,14)(H,15,16);. The second kappa shape index (κ2) is 11.1. The van der Waals surface area contributed by atoms with E-state index in [1.54, 1.807) is 0 Å². The van der Waals surface area contributed by atoms with Crippen molar-refractivity contribution >= 4 is 41.5 Å². The van der Waals surface area contributed by atoms with Gasteiger partial charge in [-0.1, -0.05) is 39.5 Å². The first-order valence-corrected chi connectivity index (χ1v) is 6.00. The molecule has 0 aromatic heterocycles. The molecule has 0 aliphatic carbocycles. The van der Waals surface area contributed by atoms with Gasteiger partial charge in [-0.2, -0.15) is 0 Å². The largest absolute Gasteiger partial charge is 0.481 e. The van der Waals surface area contributed by atoms with Gasteiger partial charge in [-0.15, -0.1) is 0 Å². The Hall–Kier alpha value is -0.0600. The number of aliphatic carboxylic acids is 2. The first kappa shape index (κ1) is 19.3. The molecule has 0 aromatic carbocycles. The van der Waals surface area contributed by atoms with Gasteiger partial charge in [0.25, 0.3) is 0 Å². The van der Waals surface area contributed by atoms with E-state index in [0.717, 1.165) is 25.7 Å². The predicted octanol–water partition coefficient (Wildman–Crippen LogP) is 2.39. The van der Waals surface area contributed by atoms with Gasteiger partial charge in [0.05, 0.1) is 11.8 Å². The topological polar surface area (TPSA) is 74.6 Å². The van der Waals surface area contributed by atoms with Crippen molar-refractivity contribution in [2.45, 2.75) is 52.4 Å². The zero-order valence-corrected chi connectivity index (χ0v) is 13.1. The van der Waals surface area contributed by atoms with Crippen LogP contribution in [0, 0.1) is 11.8 Å². The average Bonchev–Trinajstić information content (AvgIpc) is 2.21. The minimum atomic E-state index is -0.975. The maximum atomic E-state index is 11.1. The molecule has 0 heterocycles. The van der Waals surface area contributed by atoms with Crippen molar-refractivity contribution in [3.05, 3.63) is 0 Å². The number of carboxylic acid groups (broad SMARTS) is 2. The molecule has 0 amide bonds. The summed E-state index contributed by atoms with van der Waals surface area (Å²) in [4.78, 5) is 22.1. The third-order valence-corrected chi connectivity index (χ3v) is 2.86. The molecule has 95 valence electrons. The Morgan fingerprint density at radius 2 is 1.18 bits per heavy atom. The van der Waals surface area contributed by atoms with Crippen molar-refractivity contribution in [2.75, 3.05) is 0 Å². The zero-order valence-electron chi connectivity index (χ0n) is 11.1. The van der Waals surface area contributed by atoms with Gasteiger partial charge < -0.3 is 10.2 Å². The van der Waals surface area contributed by atoms with E-state index in [0.29, 0.717) is 12.8 Å². The van der Waals surface area contributed by atoms with Gasteiger partial charge in [-0.05, 0) is 12.8 Å². The molecule has 0 saturated heterocycles. The molecule has 0 aliphatic rings. The summed E-state index contributed by atoms with van der Waals surface area (Å²) in [6.45, 7) is 3.95. The van der Waals surface area contributed by atoms with Gasteiger partial charge in [0, 0.05) is 29.6 Å². The molecule has 0 aliphatic heterocycles. The summed E-state index contributed by atoms with van der Waals surface area (Å²) in [5.41, 5.74) is 0. The summed E-state index contributed by atoms with van der Waals surface area (Å²) in [5.74, 6) is -3.41. The Morgan fingerprint density at radius 1 is 0.882 bits per heavy atom. The van der Waals surface area contributed by atoms with Crippen LogP contribution < -0.4 is 0 Å². The van der Waals surface area contributed by atoms with E-state index in [-0.39, 0.29) is 29.6 Å². The molecule has 0 rings (SSSR count). The summed E-state index contributed by atoms with van der Waals surface area (Å²) in [7, 11) is 0. The molecule has 0 bridgehead atoms. The second-order valence-electron chi connectivity index (χ2n) is 4.17. The van der Waals surface area contributed by atoms with Crippen molar-refractivity contribution in [1.82, 2.24) is 0 Å². The van der Waals surface area contributed by atoms with E-state index >= 15 is 0 Å². The van der Waals surface area contributed by atoms with Gasteiger partial charge in [-0.25, -0.2) is 0 Å². The van der Waals surface area contributed by atoms with Crippen molar-refractivity contribution in [3.8, 4) is 0 Å². The predicted molar refractivity (Wildman–Crippen MR) is 67.1 cm³/mol. The molecule has 2 atom stereocenters. The number of hydrogen-bond donors (Lipinski definition) is 2. The third-order valence-electron chi connectivity index (χ3n) is 2.86. The molecule has 1 radical (unpaired) electrons. The maximum absolute atomic E-state index is 11.1. The molecule has 0 spiro atoms. The van der Waals surface area contributed by atoms with Crippen LogP contribution in [0.1, 0.15) is 52.4 Å². The van der Waals surface area contributed by atoms with E-state index in [9.17, 15) is 9.59 Å². The van der Waals surface area contributed by atoms with Gasteiger partial charge in [0.1, 0.15) is 0 Å². The average molecular weight is 253 g/mol. The number of carbonyl (C=O) groups is 2. The van der Waals surface area contributed by atoms with Gasteiger partial charge in [0.2, 0.25) is 0 Å². The fourth-order valence-electron chi connectivity index (χ4n) is 1.84. The SMILES string of the molecule is CCCCC(C(=O)O)C(CCCC)C(=O)O.[Na]. The quantitative estimate of drug-likeness (QED) is 0.619. The Balaban J connectivity index is 0. The first-order valence-electron chi connectivity index (χ1n) is 6.00. The van der Waals surface area contributed by atoms with Crippen LogP contribution in [0.3, 0.4) is 0 Å². The smallest absolute Gasteiger partial charge is 0.307 e. The summed E-state index contributed by atoms with van der Waals surface area (Å²) < 4.78 is 0. The van der Waals surface area contributed by atoms with Crippen LogP contribution in [0.2, 0.25) is 0 Å². The zero-order chi connectivity index (χ0) is 12.6. The number of rotatable bonds is 9. The van der Waals surface area contributed by atoms with E-state index in [1.165, 1.54) is 0 Å². The van der Waals surface area contributed by atoms with Gasteiger partial charge >= 0.3 is 11.9 Å². The number of hydrogen-bond acceptors (Lipinski definition) is 2. The normalized spacial score (nSPS) is 13.5. The van der Waals surface area contributed by atoms with E-state index in [4.69, 9.17) is 10.2 Å². The van der Waals surface area contributed by atoms with Gasteiger partial charge in [-0.3, -0.25) is 9.59 Å². The molecule has 5 heteroatoms. The van der Waals surface area contributed by atoms with Crippen molar-refractivity contribution in [1.29, 1.82) is 0 Å². The Bertz CT molecular complexity index is 207. The minimum absolute atomic E-state index is 0. The van der Waals surface area contributed by atoms with Crippen LogP contribution in [-0.2, 0) is 9.59 Å². The minimum Gasteiger partial charge on any atom is -0.481 e. The molecule has 2 N–H and O–H groups in total. The Kier molecular flexibility index (Phi) is 12.5. The molecule has 0 fully saturated rings. The second-order valence-corrected chi connectivity index (χ2v) is 4.17. The Morgan fingerprint density at radius 3 is 1.35 bits per heavy atom. The van der Waals surface area contributed by atoms with E-state index < -0.39 is 23.8 Å². The molecule has 17 heavy (non-hydrogen) atoms. The monoisotopic (exact) mass is 253 g/mol. The molecular formula is C12H22NaO4. The van der Waals surface area contributed by atoms with Crippen LogP contribution in [0.25, 0.3) is 0 Å². The molecule has 0 aromatic rings. The van der Waals surface area contributed by atoms with Crippen LogP contribution in [-0.4, -0.2) is 51.7 Å². The Labute approximate surface area is 125 Å². The van der Waals surface area contributed by atoms with Crippen LogP contribution in [0.15, 0.2) is 0 Å². The summed E-state index contributed by atoms with van der Waals surface area (Å²) >= 11 is 0. The van der Waals surface area contributed by atoms with E-state index in [2.05, 4.69) is 0 Å². The molecule has 4 nitrogen and oxygen atoms in total. The summed E-state index contributed by atoms with van der Waals surface area (Å²) in [5, 5.41) is 18.1. The third kappa shape index (κ3) is 7.79. The first-order chi connectivity index (χ1) is 7.54. The van der Waals surface area contributed by atoms with Crippen LogP contribution in [0.4, 0.5) is 0 Å². The summed E-state index contributed by atoms with van der Waals surface area (Å²) in [6.07, 6.45) is 4.26. The molecular weight excluding hydrogens is 231 g/mol. The van der Waals surface area contributed by atoms with Crippen LogP contribution >= 0.6 is 0 Å². The number of unbranched alkanes of at least 4 members (excludes halogenated alkanes) is 2. The van der Waals surface area contributed by atoms with Crippen LogP contribution in [0.5, 0.6) is 0 Å². The maximum Gasteiger partial charge on any atom is 0.307 e. The number of carboxylic acids is 2. The fourth-order valence-corrected chi connectivity index (χ4v) is 1.84. The van der Waals surface area contributed by atoms with Gasteiger partial charge in [0.15, 0.2) is 0 Å². The summed E-state index contributed by atoms with van der Waals surface area (Å²) in [6, 6.07) is 0. The van der Waals surface area contributed by atoms with Crippen molar-refractivity contribution in [3.63, 3.8) is 0 Å².